The van der Waals surface area contributed by atoms with E-state index in [1.54, 1.807) is 12.1 Å². The Morgan fingerprint density at radius 3 is 2.41 bits per heavy atom. The van der Waals surface area contributed by atoms with Crippen LogP contribution in [0.2, 0.25) is 0 Å². The molecule has 136 valence electrons. The van der Waals surface area contributed by atoms with E-state index in [0.717, 1.165) is 5.56 Å². The van der Waals surface area contributed by atoms with Gasteiger partial charge in [-0.05, 0) is 26.3 Å². The lowest BCUT2D eigenvalue weighted by Crippen LogP contribution is -2.27. The molecule has 0 saturated carbocycles. The summed E-state index contributed by atoms with van der Waals surface area (Å²) >= 11 is 0. The molecule has 0 N–H and O–H groups in total. The van der Waals surface area contributed by atoms with Crippen molar-refractivity contribution in [1.82, 2.24) is 15.2 Å². The average molecular weight is 362 g/mol. The van der Waals surface area contributed by atoms with Gasteiger partial charge in [0.1, 0.15) is 22.6 Å². The fraction of sp³-hybridized carbons (Fsp3) is 0.250. The van der Waals surface area contributed by atoms with Crippen molar-refractivity contribution in [2.75, 3.05) is 0 Å². The Labute approximate surface area is 156 Å². The first kappa shape index (κ1) is 17.2. The molecule has 0 saturated heterocycles. The lowest BCUT2D eigenvalue weighted by Gasteiger charge is -2.27. The third-order valence-corrected chi connectivity index (χ3v) is 4.81. The van der Waals surface area contributed by atoms with Crippen LogP contribution < -0.4 is 0 Å². The van der Waals surface area contributed by atoms with Crippen molar-refractivity contribution in [2.45, 2.75) is 32.0 Å². The number of aromatic nitrogens is 3. The van der Waals surface area contributed by atoms with Crippen molar-refractivity contribution in [3.05, 3.63) is 81.7 Å². The highest BCUT2D eigenvalue weighted by atomic mass is 16.6. The van der Waals surface area contributed by atoms with E-state index >= 15 is 0 Å². The van der Waals surface area contributed by atoms with Gasteiger partial charge >= 0.3 is 0 Å². The number of hydrogen-bond donors (Lipinski definition) is 0. The highest BCUT2D eigenvalue weighted by Gasteiger charge is 2.50. The van der Waals surface area contributed by atoms with Crippen LogP contribution in [-0.4, -0.2) is 20.1 Å². The number of hydrogen-bond acceptors (Lipinski definition) is 6. The summed E-state index contributed by atoms with van der Waals surface area (Å²) in [6.07, 6.45) is 0. The number of benzene rings is 2. The molecule has 3 aromatic rings. The van der Waals surface area contributed by atoms with Crippen molar-refractivity contribution < 1.29 is 9.66 Å². The van der Waals surface area contributed by atoms with E-state index in [-0.39, 0.29) is 5.69 Å². The third-order valence-electron chi connectivity index (χ3n) is 4.81. The van der Waals surface area contributed by atoms with Crippen LogP contribution in [0, 0.1) is 10.1 Å². The Hall–Kier alpha value is -3.19. The van der Waals surface area contributed by atoms with Crippen molar-refractivity contribution in [2.24, 2.45) is 0 Å². The lowest BCUT2D eigenvalue weighted by atomic mass is 9.92. The van der Waals surface area contributed by atoms with Gasteiger partial charge in [0, 0.05) is 17.7 Å². The minimum absolute atomic E-state index is 0.0127. The molecule has 1 aromatic heterocycles. The van der Waals surface area contributed by atoms with E-state index in [1.165, 1.54) is 12.1 Å². The molecule has 0 radical (unpaired) electrons. The first-order valence-electron chi connectivity index (χ1n) is 8.57. The van der Waals surface area contributed by atoms with Crippen LogP contribution in [0.4, 0.5) is 5.69 Å². The second-order valence-electron chi connectivity index (χ2n) is 7.15. The van der Waals surface area contributed by atoms with E-state index in [4.69, 9.17) is 4.74 Å². The quantitative estimate of drug-likeness (QED) is 0.517. The second kappa shape index (κ2) is 5.92. The van der Waals surface area contributed by atoms with Gasteiger partial charge in [-0.25, -0.2) is 4.98 Å². The summed E-state index contributed by atoms with van der Waals surface area (Å²) in [5, 5.41) is 19.7. The molecule has 0 fully saturated rings. The zero-order valence-electron chi connectivity index (χ0n) is 15.2. The number of non-ortho nitro benzene ring substituents is 1. The minimum atomic E-state index is -0.763. The Morgan fingerprint density at radius 2 is 1.70 bits per heavy atom. The summed E-state index contributed by atoms with van der Waals surface area (Å²) in [6.45, 7) is 5.83. The van der Waals surface area contributed by atoms with Crippen molar-refractivity contribution in [3.63, 3.8) is 0 Å². The number of nitro groups is 1. The van der Waals surface area contributed by atoms with Crippen LogP contribution in [-0.2, 0) is 15.9 Å². The van der Waals surface area contributed by atoms with Gasteiger partial charge in [-0.2, -0.15) is 0 Å². The van der Waals surface area contributed by atoms with Crippen molar-refractivity contribution >= 4 is 5.69 Å². The molecule has 0 aliphatic carbocycles. The predicted octanol–water partition coefficient (Wildman–Crippen LogP) is 3.98. The van der Waals surface area contributed by atoms with Gasteiger partial charge in [-0.1, -0.05) is 42.5 Å². The highest BCUT2D eigenvalue weighted by Crippen LogP contribution is 2.48. The predicted molar refractivity (Wildman–Crippen MR) is 98.9 cm³/mol. The SMILES string of the molecule is CC1(C)OC(C)(c2ccccc2)c2nnc(-c3cccc([N+](=O)[O-])c3)nc21. The maximum Gasteiger partial charge on any atom is 0.270 e. The fourth-order valence-corrected chi connectivity index (χ4v) is 3.51. The summed E-state index contributed by atoms with van der Waals surface area (Å²) in [4.78, 5) is 15.3. The highest BCUT2D eigenvalue weighted by molar-refractivity contribution is 5.59. The largest absolute Gasteiger partial charge is 0.352 e. The Balaban J connectivity index is 1.85. The van der Waals surface area contributed by atoms with E-state index in [2.05, 4.69) is 15.2 Å². The monoisotopic (exact) mass is 362 g/mol. The van der Waals surface area contributed by atoms with Crippen LogP contribution >= 0.6 is 0 Å². The lowest BCUT2D eigenvalue weighted by molar-refractivity contribution is -0.384. The molecule has 7 nitrogen and oxygen atoms in total. The number of ether oxygens (including phenoxy) is 1. The van der Waals surface area contributed by atoms with Crippen molar-refractivity contribution in [1.29, 1.82) is 0 Å². The van der Waals surface area contributed by atoms with Gasteiger partial charge in [-0.3, -0.25) is 10.1 Å². The van der Waals surface area contributed by atoms with Crippen LogP contribution in [0.3, 0.4) is 0 Å². The van der Waals surface area contributed by atoms with Gasteiger partial charge in [0.25, 0.3) is 5.69 Å². The Bertz CT molecular complexity index is 1040. The zero-order valence-corrected chi connectivity index (χ0v) is 15.2. The maximum atomic E-state index is 11.0. The van der Waals surface area contributed by atoms with Gasteiger partial charge in [0.05, 0.1) is 4.92 Å². The van der Waals surface area contributed by atoms with Gasteiger partial charge < -0.3 is 4.74 Å². The van der Waals surface area contributed by atoms with Crippen molar-refractivity contribution in [3.8, 4) is 11.4 Å². The summed E-state index contributed by atoms with van der Waals surface area (Å²) < 4.78 is 6.37. The smallest absolute Gasteiger partial charge is 0.270 e. The fourth-order valence-electron chi connectivity index (χ4n) is 3.51. The van der Waals surface area contributed by atoms with Crippen LogP contribution in [0.1, 0.15) is 37.7 Å². The Morgan fingerprint density at radius 1 is 0.963 bits per heavy atom. The molecule has 2 aromatic carbocycles. The first-order chi connectivity index (χ1) is 12.8. The second-order valence-corrected chi connectivity index (χ2v) is 7.15. The first-order valence-corrected chi connectivity index (χ1v) is 8.57. The van der Waals surface area contributed by atoms with Crippen LogP contribution in [0.15, 0.2) is 54.6 Å². The van der Waals surface area contributed by atoms with E-state index in [9.17, 15) is 10.1 Å². The topological polar surface area (TPSA) is 91.0 Å². The molecule has 1 aliphatic heterocycles. The molecule has 1 unspecified atom stereocenters. The molecular formula is C20H18N4O3. The molecule has 1 atom stereocenters. The number of nitrogens with zero attached hydrogens (tertiary/aromatic N) is 4. The van der Waals surface area contributed by atoms with Gasteiger partial charge in [0.15, 0.2) is 5.82 Å². The number of fused-ring (bicyclic) bond motifs is 1. The summed E-state index contributed by atoms with van der Waals surface area (Å²) in [7, 11) is 0. The van der Waals surface area contributed by atoms with E-state index in [0.29, 0.717) is 22.8 Å². The molecule has 0 spiro atoms. The minimum Gasteiger partial charge on any atom is -0.352 e. The average Bonchev–Trinajstić information content (AvgIpc) is 2.89. The molecule has 4 rings (SSSR count). The normalized spacial score (nSPS) is 20.3. The third kappa shape index (κ3) is 2.76. The molecule has 0 bridgehead atoms. The molecule has 27 heavy (non-hydrogen) atoms. The number of nitro benzene ring substituents is 1. The molecule has 7 heteroatoms. The number of rotatable bonds is 3. The van der Waals surface area contributed by atoms with Gasteiger partial charge in [0.2, 0.25) is 0 Å². The summed E-state index contributed by atoms with van der Waals surface area (Å²) in [5.41, 5.74) is 1.41. The maximum absolute atomic E-state index is 11.0. The van der Waals surface area contributed by atoms with Crippen LogP contribution in [0.5, 0.6) is 0 Å². The van der Waals surface area contributed by atoms with E-state index < -0.39 is 16.1 Å². The van der Waals surface area contributed by atoms with Crippen LogP contribution in [0.25, 0.3) is 11.4 Å². The summed E-state index contributed by atoms with van der Waals surface area (Å²) in [5.74, 6) is 0.339. The molecule has 0 amide bonds. The molecule has 2 heterocycles. The Kier molecular flexibility index (Phi) is 3.78. The summed E-state index contributed by atoms with van der Waals surface area (Å²) in [6, 6.07) is 16.0. The van der Waals surface area contributed by atoms with Gasteiger partial charge in [-0.15, -0.1) is 10.2 Å². The zero-order chi connectivity index (χ0) is 19.2. The standard InChI is InChI=1S/C20H18N4O3/c1-19(2)16-17(20(3,27-19)14-9-5-4-6-10-14)22-23-18(21-16)13-8-7-11-15(12-13)24(25)26/h4-12H,1-3H3. The van der Waals surface area contributed by atoms with E-state index in [1.807, 2.05) is 51.1 Å². The molecular weight excluding hydrogens is 344 g/mol. The molecule has 1 aliphatic rings.